The molecule has 0 radical (unpaired) electrons. The fourth-order valence-electron chi connectivity index (χ4n) is 2.15. The van der Waals surface area contributed by atoms with E-state index in [0.29, 0.717) is 12.4 Å². The van der Waals surface area contributed by atoms with E-state index in [1.807, 2.05) is 20.8 Å². The summed E-state index contributed by atoms with van der Waals surface area (Å²) in [5.74, 6) is 0.551. The molecule has 0 fully saturated rings. The number of nitrogens with one attached hydrogen (secondary N) is 1. The Morgan fingerprint density at radius 2 is 1.92 bits per heavy atom. The lowest BCUT2D eigenvalue weighted by Crippen LogP contribution is -2.45. The molecule has 1 amide bonds. The van der Waals surface area contributed by atoms with E-state index in [4.69, 9.17) is 9.16 Å². The molecule has 1 N–H and O–H groups in total. The van der Waals surface area contributed by atoms with Crippen LogP contribution in [0.4, 0.5) is 10.6 Å². The number of hydrogen-bond acceptors (Lipinski definition) is 5. The molecular formula is C17H30N4O3Si. The van der Waals surface area contributed by atoms with Gasteiger partial charge in [0.1, 0.15) is 18.0 Å². The number of carbonyl (C=O) groups is 1. The number of rotatable bonds is 2. The van der Waals surface area contributed by atoms with E-state index in [9.17, 15) is 4.79 Å². The molecule has 1 aliphatic heterocycles. The van der Waals surface area contributed by atoms with E-state index >= 15 is 0 Å². The number of carbonyl (C=O) groups excluding carboxylic acids is 1. The maximum absolute atomic E-state index is 12.5. The van der Waals surface area contributed by atoms with Gasteiger partial charge >= 0.3 is 6.09 Å². The van der Waals surface area contributed by atoms with Crippen LogP contribution in [0.1, 0.15) is 53.3 Å². The van der Waals surface area contributed by atoms with Crippen molar-refractivity contribution in [1.29, 1.82) is 0 Å². The van der Waals surface area contributed by atoms with Gasteiger partial charge in [-0.2, -0.15) is 0 Å². The van der Waals surface area contributed by atoms with Gasteiger partial charge in [0.2, 0.25) is 0 Å². The third-order valence-corrected chi connectivity index (χ3v) is 9.01. The van der Waals surface area contributed by atoms with Crippen LogP contribution < -0.4 is 0 Å². The highest BCUT2D eigenvalue weighted by Crippen LogP contribution is 2.41. The van der Waals surface area contributed by atoms with Crippen LogP contribution in [0.3, 0.4) is 0 Å². The molecule has 1 aromatic rings. The Labute approximate surface area is 151 Å². The van der Waals surface area contributed by atoms with Gasteiger partial charge < -0.3 is 14.1 Å². The third-order valence-electron chi connectivity index (χ3n) is 4.52. The van der Waals surface area contributed by atoms with E-state index in [1.165, 1.54) is 11.2 Å². The smallest absolute Gasteiger partial charge is 0.415 e. The first-order valence-electron chi connectivity index (χ1n) is 8.55. The molecule has 0 saturated carbocycles. The first kappa shape index (κ1) is 19.6. The molecule has 0 unspecified atom stereocenters. The highest BCUT2D eigenvalue weighted by atomic mass is 28.4. The molecule has 2 rings (SSSR count). The first-order valence-corrected chi connectivity index (χ1v) is 11.5. The van der Waals surface area contributed by atoms with Crippen molar-refractivity contribution < 1.29 is 14.0 Å². The number of hydrogen-bond donors (Lipinski definition) is 1. The summed E-state index contributed by atoms with van der Waals surface area (Å²) in [7, 11) is -2.05. The molecule has 0 bridgehead atoms. The van der Waals surface area contributed by atoms with Crippen molar-refractivity contribution in [2.45, 2.75) is 71.4 Å². The van der Waals surface area contributed by atoms with E-state index in [2.05, 4.69) is 48.8 Å². The van der Waals surface area contributed by atoms with Gasteiger partial charge in [-0.25, -0.2) is 14.8 Å². The molecule has 1 aromatic heterocycles. The third kappa shape index (κ3) is 4.69. The van der Waals surface area contributed by atoms with Crippen LogP contribution in [-0.4, -0.2) is 47.8 Å². The second-order valence-corrected chi connectivity index (χ2v) is 13.6. The number of amides is 1. The molecule has 0 aliphatic carbocycles. The lowest BCUT2D eigenvalue weighted by Gasteiger charge is -2.39. The van der Waals surface area contributed by atoms with E-state index in [1.54, 1.807) is 6.33 Å². The van der Waals surface area contributed by atoms with Crippen molar-refractivity contribution in [1.82, 2.24) is 14.9 Å². The second-order valence-electron chi connectivity index (χ2n) is 8.88. The number of aromatic amines is 1. The monoisotopic (exact) mass is 366 g/mol. The number of H-pyrrole nitrogens is 1. The van der Waals surface area contributed by atoms with Crippen LogP contribution in [0.2, 0.25) is 18.1 Å². The molecule has 1 aliphatic rings. The molecule has 1 atom stereocenters. The van der Waals surface area contributed by atoms with E-state index in [-0.39, 0.29) is 11.1 Å². The van der Waals surface area contributed by atoms with Crippen molar-refractivity contribution in [2.24, 2.45) is 4.99 Å². The normalized spacial score (nSPS) is 18.7. The molecule has 2 heterocycles. The summed E-state index contributed by atoms with van der Waals surface area (Å²) in [5.41, 5.74) is 0.228. The van der Waals surface area contributed by atoms with Crippen LogP contribution >= 0.6 is 0 Å². The Bertz CT molecular complexity index is 656. The Kier molecular flexibility index (Phi) is 5.16. The number of nitrogens with zero attached hydrogens (tertiary/aromatic N) is 3. The zero-order valence-electron chi connectivity index (χ0n) is 16.5. The molecule has 0 saturated heterocycles. The lowest BCUT2D eigenvalue weighted by atomic mass is 10.2. The minimum Gasteiger partial charge on any atom is -0.443 e. The number of fused-ring (bicyclic) bond motifs is 1. The van der Waals surface area contributed by atoms with Gasteiger partial charge in [-0.1, -0.05) is 20.8 Å². The zero-order chi connectivity index (χ0) is 19.0. The Morgan fingerprint density at radius 3 is 2.48 bits per heavy atom. The van der Waals surface area contributed by atoms with Crippen LogP contribution in [0.25, 0.3) is 0 Å². The highest BCUT2D eigenvalue weighted by molar-refractivity contribution is 6.74. The largest absolute Gasteiger partial charge is 0.443 e. The maximum atomic E-state index is 12.5. The van der Waals surface area contributed by atoms with Crippen LogP contribution in [0, 0.1) is 0 Å². The fourth-order valence-corrected chi connectivity index (χ4v) is 3.41. The van der Waals surface area contributed by atoms with Gasteiger partial charge in [0, 0.05) is 0 Å². The molecule has 0 spiro atoms. The van der Waals surface area contributed by atoms with Gasteiger partial charge in [-0.15, -0.1) is 0 Å². The topological polar surface area (TPSA) is 79.8 Å². The summed E-state index contributed by atoms with van der Waals surface area (Å²) in [6.07, 6.45) is 2.31. The van der Waals surface area contributed by atoms with Crippen molar-refractivity contribution >= 4 is 26.6 Å². The molecule has 7 nitrogen and oxygen atoms in total. The summed E-state index contributed by atoms with van der Waals surface area (Å²) in [6, 6.07) is 0. The highest BCUT2D eigenvalue weighted by Gasteiger charge is 2.41. The summed E-state index contributed by atoms with van der Waals surface area (Å²) in [5, 5.41) is 0.0527. The predicted molar refractivity (Wildman–Crippen MR) is 101 cm³/mol. The maximum Gasteiger partial charge on any atom is 0.415 e. The van der Waals surface area contributed by atoms with E-state index < -0.39 is 20.0 Å². The van der Waals surface area contributed by atoms with Crippen molar-refractivity contribution in [3.63, 3.8) is 0 Å². The summed E-state index contributed by atoms with van der Waals surface area (Å²) in [6.45, 7) is 16.8. The second kappa shape index (κ2) is 6.57. The average molecular weight is 367 g/mol. The lowest BCUT2D eigenvalue weighted by molar-refractivity contribution is 0.0313. The Balaban J connectivity index is 2.28. The van der Waals surface area contributed by atoms with E-state index in [0.717, 1.165) is 5.69 Å². The average Bonchev–Trinajstić information content (AvgIpc) is 2.80. The SMILES string of the molecule is CC(C)(C)OC(=O)N1C=Nc2nc[nH]c2[C@H](O[Si](C)(C)C(C)(C)C)C1. The summed E-state index contributed by atoms with van der Waals surface area (Å²) < 4.78 is 12.0. The van der Waals surface area contributed by atoms with Crippen molar-refractivity contribution in [2.75, 3.05) is 6.54 Å². The summed E-state index contributed by atoms with van der Waals surface area (Å²) >= 11 is 0. The van der Waals surface area contributed by atoms with Crippen LogP contribution in [-0.2, 0) is 9.16 Å². The number of aromatic nitrogens is 2. The fraction of sp³-hybridized carbons (Fsp3) is 0.706. The number of aliphatic imine (C=N–C) groups is 1. The molecule has 140 valence electrons. The molecule has 8 heteroatoms. The quantitative estimate of drug-likeness (QED) is 0.788. The Hall–Kier alpha value is -1.67. The minimum atomic E-state index is -2.05. The standard InChI is InChI=1S/C17H30N4O3Si/c1-16(2,3)23-15(22)21-9-12(24-25(7,8)17(4,5)6)13-14(20-11-21)19-10-18-13/h10-12H,9H2,1-8H3,(H,18,19)/t12-/m1/s1. The molecule has 25 heavy (non-hydrogen) atoms. The van der Waals surface area contributed by atoms with Gasteiger partial charge in [-0.3, -0.25) is 4.90 Å². The minimum absolute atomic E-state index is 0.0527. The van der Waals surface area contributed by atoms with Crippen molar-refractivity contribution in [3.05, 3.63) is 12.0 Å². The van der Waals surface area contributed by atoms with Crippen molar-refractivity contribution in [3.8, 4) is 0 Å². The molecule has 0 aromatic carbocycles. The number of imidazole rings is 1. The van der Waals surface area contributed by atoms with Crippen LogP contribution in [0.15, 0.2) is 11.3 Å². The number of ether oxygens (including phenoxy) is 1. The predicted octanol–water partition coefficient (Wildman–Crippen LogP) is 4.38. The Morgan fingerprint density at radius 1 is 1.28 bits per heavy atom. The summed E-state index contributed by atoms with van der Waals surface area (Å²) in [4.78, 5) is 25.6. The van der Waals surface area contributed by atoms with Gasteiger partial charge in [-0.05, 0) is 38.9 Å². The van der Waals surface area contributed by atoms with Gasteiger partial charge in [0.25, 0.3) is 0 Å². The molecular weight excluding hydrogens is 336 g/mol. The van der Waals surface area contributed by atoms with Gasteiger partial charge in [0.05, 0.1) is 18.6 Å². The van der Waals surface area contributed by atoms with Gasteiger partial charge in [0.15, 0.2) is 14.1 Å². The zero-order valence-corrected chi connectivity index (χ0v) is 17.5. The first-order chi connectivity index (χ1) is 11.3. The van der Waals surface area contributed by atoms with Crippen LogP contribution in [0.5, 0.6) is 0 Å².